The van der Waals surface area contributed by atoms with E-state index in [9.17, 15) is 18.0 Å². The number of benzene rings is 3. The molecule has 180 valence electrons. The molecule has 0 fully saturated rings. The number of amides is 1. The molecule has 0 unspecified atom stereocenters. The summed E-state index contributed by atoms with van der Waals surface area (Å²) in [7, 11) is 1.81. The number of carbonyl (C=O) groups is 1. The summed E-state index contributed by atoms with van der Waals surface area (Å²) >= 11 is 6.88. The first kappa shape index (κ1) is 24.8. The lowest BCUT2D eigenvalue weighted by Crippen LogP contribution is -2.20. The number of rotatable bonds is 7. The molecule has 0 spiro atoms. The molecule has 0 radical (unpaired) electrons. The maximum absolute atomic E-state index is 13.3. The maximum Gasteiger partial charge on any atom is 0.417 e. The van der Waals surface area contributed by atoms with Crippen LogP contribution in [0.25, 0.3) is 0 Å². The predicted octanol–water partition coefficient (Wildman–Crippen LogP) is 6.55. The van der Waals surface area contributed by atoms with Gasteiger partial charge in [0.2, 0.25) is 5.91 Å². The smallest absolute Gasteiger partial charge is 0.325 e. The van der Waals surface area contributed by atoms with E-state index in [-0.39, 0.29) is 5.69 Å². The zero-order valence-corrected chi connectivity index (χ0v) is 20.0. The summed E-state index contributed by atoms with van der Waals surface area (Å²) in [6, 6.07) is 22.0. The molecule has 3 aromatic carbocycles. The fraction of sp³-hybridized carbons (Fsp3) is 0.160. The van der Waals surface area contributed by atoms with Crippen LogP contribution in [0.2, 0.25) is 5.02 Å². The number of nitrogens with one attached hydrogen (secondary N) is 1. The molecule has 1 N–H and O–H groups in total. The van der Waals surface area contributed by atoms with Crippen LogP contribution in [0.15, 0.2) is 84.0 Å². The van der Waals surface area contributed by atoms with Crippen molar-refractivity contribution in [2.75, 3.05) is 5.32 Å². The van der Waals surface area contributed by atoms with Crippen molar-refractivity contribution in [2.45, 2.75) is 23.0 Å². The molecule has 1 atom stereocenters. The van der Waals surface area contributed by atoms with Gasteiger partial charge in [-0.2, -0.15) is 13.2 Å². The van der Waals surface area contributed by atoms with Gasteiger partial charge in [0.05, 0.1) is 10.6 Å². The molecule has 10 heteroatoms. The highest BCUT2D eigenvalue weighted by molar-refractivity contribution is 8.00. The molecule has 35 heavy (non-hydrogen) atoms. The van der Waals surface area contributed by atoms with E-state index in [1.165, 1.54) is 17.8 Å². The van der Waals surface area contributed by atoms with Crippen molar-refractivity contribution in [1.29, 1.82) is 0 Å². The molecular weight excluding hydrogens is 497 g/mol. The summed E-state index contributed by atoms with van der Waals surface area (Å²) in [4.78, 5) is 13.3. The summed E-state index contributed by atoms with van der Waals surface area (Å²) in [6.07, 6.45) is -4.07. The van der Waals surface area contributed by atoms with Crippen molar-refractivity contribution >= 4 is 35.0 Å². The van der Waals surface area contributed by atoms with Gasteiger partial charge in [-0.3, -0.25) is 4.79 Å². The normalized spacial score (nSPS) is 12.4. The minimum Gasteiger partial charge on any atom is -0.325 e. The Kier molecular flexibility index (Phi) is 7.47. The van der Waals surface area contributed by atoms with Crippen molar-refractivity contribution in [3.8, 4) is 0 Å². The zero-order chi connectivity index (χ0) is 25.0. The molecule has 1 heterocycles. The first-order chi connectivity index (χ1) is 16.7. The van der Waals surface area contributed by atoms with Crippen molar-refractivity contribution in [2.24, 2.45) is 7.05 Å². The van der Waals surface area contributed by atoms with E-state index < -0.39 is 27.9 Å². The molecule has 0 bridgehead atoms. The van der Waals surface area contributed by atoms with Gasteiger partial charge in [0, 0.05) is 19.2 Å². The van der Waals surface area contributed by atoms with Gasteiger partial charge < -0.3 is 9.88 Å². The van der Waals surface area contributed by atoms with Crippen molar-refractivity contribution in [3.05, 3.63) is 106 Å². The summed E-state index contributed by atoms with van der Waals surface area (Å²) in [5, 5.41) is 10.4. The van der Waals surface area contributed by atoms with Crippen LogP contribution in [0.3, 0.4) is 0 Å². The van der Waals surface area contributed by atoms with E-state index in [0.717, 1.165) is 23.5 Å². The highest BCUT2D eigenvalue weighted by Crippen LogP contribution is 2.38. The molecule has 1 amide bonds. The van der Waals surface area contributed by atoms with E-state index in [4.69, 9.17) is 11.6 Å². The van der Waals surface area contributed by atoms with Crippen LogP contribution < -0.4 is 5.32 Å². The van der Waals surface area contributed by atoms with Gasteiger partial charge in [-0.05, 0) is 29.3 Å². The molecular formula is C25H20ClF3N4OS. The Morgan fingerprint density at radius 1 is 1.03 bits per heavy atom. The second-order valence-corrected chi connectivity index (χ2v) is 9.19. The molecule has 0 saturated carbocycles. The number of hydrogen-bond donors (Lipinski definition) is 1. The number of aromatic nitrogens is 3. The lowest BCUT2D eigenvalue weighted by Gasteiger charge is -2.17. The quantitative estimate of drug-likeness (QED) is 0.283. The average molecular weight is 517 g/mol. The minimum absolute atomic E-state index is 0.00371. The van der Waals surface area contributed by atoms with Gasteiger partial charge >= 0.3 is 6.18 Å². The molecule has 0 aliphatic rings. The Bertz CT molecular complexity index is 1310. The Morgan fingerprint density at radius 3 is 2.34 bits per heavy atom. The number of halogens is 4. The van der Waals surface area contributed by atoms with Gasteiger partial charge in [0.1, 0.15) is 11.1 Å². The van der Waals surface area contributed by atoms with Crippen LogP contribution >= 0.6 is 23.4 Å². The van der Waals surface area contributed by atoms with Crippen LogP contribution in [0.5, 0.6) is 0 Å². The highest BCUT2D eigenvalue weighted by Gasteiger charge is 2.34. The van der Waals surface area contributed by atoms with Gasteiger partial charge in [0.15, 0.2) is 5.16 Å². The van der Waals surface area contributed by atoms with Crippen LogP contribution in [0, 0.1) is 0 Å². The third kappa shape index (κ3) is 6.04. The Labute approximate surface area is 209 Å². The van der Waals surface area contributed by atoms with Gasteiger partial charge in [-0.15, -0.1) is 10.2 Å². The van der Waals surface area contributed by atoms with E-state index in [2.05, 4.69) is 15.5 Å². The number of carbonyl (C=O) groups excluding carboxylic acids is 1. The number of hydrogen-bond acceptors (Lipinski definition) is 4. The number of thioether (sulfide) groups is 1. The topological polar surface area (TPSA) is 59.8 Å². The van der Waals surface area contributed by atoms with Crippen LogP contribution in [-0.2, 0) is 24.4 Å². The van der Waals surface area contributed by atoms with E-state index in [0.29, 0.717) is 17.1 Å². The first-order valence-corrected chi connectivity index (χ1v) is 11.8. The predicted molar refractivity (Wildman–Crippen MR) is 130 cm³/mol. The lowest BCUT2D eigenvalue weighted by molar-refractivity contribution is -0.137. The second kappa shape index (κ2) is 10.5. The lowest BCUT2D eigenvalue weighted by atomic mass is 10.1. The number of nitrogens with zero attached hydrogens (tertiary/aromatic N) is 3. The third-order valence-electron chi connectivity index (χ3n) is 5.23. The maximum atomic E-state index is 13.3. The number of anilines is 1. The summed E-state index contributed by atoms with van der Waals surface area (Å²) in [5.74, 6) is 0.225. The molecule has 4 rings (SSSR count). The summed E-state index contributed by atoms with van der Waals surface area (Å²) in [5.41, 5.74) is 0.725. The molecule has 1 aromatic heterocycles. The molecule has 5 nitrogen and oxygen atoms in total. The SMILES string of the molecule is Cn1c(Cc2ccccc2)nnc1S[C@@H](C(=O)Nc1ccc(Cl)c(C(F)(F)F)c1)c1ccccc1. The van der Waals surface area contributed by atoms with Gasteiger partial charge in [-0.1, -0.05) is 84.0 Å². The molecule has 4 aromatic rings. The van der Waals surface area contributed by atoms with E-state index in [1.807, 2.05) is 48.0 Å². The Balaban J connectivity index is 1.59. The molecule has 0 aliphatic heterocycles. The third-order valence-corrected chi connectivity index (χ3v) is 6.85. The van der Waals surface area contributed by atoms with Gasteiger partial charge in [-0.25, -0.2) is 0 Å². The van der Waals surface area contributed by atoms with E-state index >= 15 is 0 Å². The molecule has 0 aliphatic carbocycles. The largest absolute Gasteiger partial charge is 0.417 e. The van der Waals surface area contributed by atoms with Crippen molar-refractivity contribution in [1.82, 2.24) is 14.8 Å². The van der Waals surface area contributed by atoms with Crippen LogP contribution in [0.1, 0.15) is 27.8 Å². The fourth-order valence-electron chi connectivity index (χ4n) is 3.41. The van der Waals surface area contributed by atoms with E-state index in [1.54, 1.807) is 24.3 Å². The first-order valence-electron chi connectivity index (χ1n) is 10.5. The fourth-order valence-corrected chi connectivity index (χ4v) is 4.66. The summed E-state index contributed by atoms with van der Waals surface area (Å²) < 4.78 is 41.6. The minimum atomic E-state index is -4.64. The number of alkyl halides is 3. The Hall–Kier alpha value is -3.30. The summed E-state index contributed by atoms with van der Waals surface area (Å²) in [6.45, 7) is 0. The standard InChI is InChI=1S/C25H20ClF3N4OS/c1-33-21(14-16-8-4-2-5-9-16)31-32-24(33)35-22(17-10-6-3-7-11-17)23(34)30-18-12-13-20(26)19(15-18)25(27,28)29/h2-13,15,22H,14H2,1H3,(H,30,34)/t22-/m1/s1. The zero-order valence-electron chi connectivity index (χ0n) is 18.5. The van der Waals surface area contributed by atoms with Crippen LogP contribution in [0.4, 0.5) is 18.9 Å². The highest BCUT2D eigenvalue weighted by atomic mass is 35.5. The van der Waals surface area contributed by atoms with Crippen molar-refractivity contribution in [3.63, 3.8) is 0 Å². The van der Waals surface area contributed by atoms with Crippen LogP contribution in [-0.4, -0.2) is 20.7 Å². The monoisotopic (exact) mass is 516 g/mol. The van der Waals surface area contributed by atoms with Crippen molar-refractivity contribution < 1.29 is 18.0 Å². The van der Waals surface area contributed by atoms with Gasteiger partial charge in [0.25, 0.3) is 0 Å². The Morgan fingerprint density at radius 2 is 1.69 bits per heavy atom. The second-order valence-electron chi connectivity index (χ2n) is 7.71. The average Bonchev–Trinajstić information content (AvgIpc) is 3.18. The molecule has 0 saturated heterocycles.